The zero-order valence-electron chi connectivity index (χ0n) is 10.2. The molecule has 0 heterocycles. The lowest BCUT2D eigenvalue weighted by Gasteiger charge is -2.21. The van der Waals surface area contributed by atoms with Gasteiger partial charge in [-0.3, -0.25) is 4.79 Å². The molecule has 1 saturated carbocycles. The van der Waals surface area contributed by atoms with Gasteiger partial charge in [-0.1, -0.05) is 6.07 Å². The van der Waals surface area contributed by atoms with E-state index in [9.17, 15) is 4.79 Å². The van der Waals surface area contributed by atoms with Gasteiger partial charge < -0.3 is 20.5 Å². The van der Waals surface area contributed by atoms with E-state index in [-0.39, 0.29) is 25.2 Å². The Kier molecular flexibility index (Phi) is 4.04. The average molecular weight is 250 g/mol. The van der Waals surface area contributed by atoms with Crippen LogP contribution in [0, 0.1) is 0 Å². The van der Waals surface area contributed by atoms with E-state index in [2.05, 4.69) is 0 Å². The lowest BCUT2D eigenvalue weighted by Crippen LogP contribution is -2.38. The number of ether oxygens (including phenoxy) is 1. The van der Waals surface area contributed by atoms with Gasteiger partial charge in [0.25, 0.3) is 5.91 Å². The van der Waals surface area contributed by atoms with Gasteiger partial charge >= 0.3 is 0 Å². The Bertz CT molecular complexity index is 418. The van der Waals surface area contributed by atoms with E-state index in [1.54, 1.807) is 29.2 Å². The third-order valence-corrected chi connectivity index (χ3v) is 2.87. The van der Waals surface area contributed by atoms with Gasteiger partial charge in [0.15, 0.2) is 6.61 Å². The molecular formula is C13H18N2O3. The van der Waals surface area contributed by atoms with E-state index in [1.807, 2.05) is 0 Å². The van der Waals surface area contributed by atoms with Crippen LogP contribution in [0.1, 0.15) is 12.8 Å². The van der Waals surface area contributed by atoms with Crippen molar-refractivity contribution in [1.82, 2.24) is 4.90 Å². The van der Waals surface area contributed by atoms with Gasteiger partial charge in [-0.2, -0.15) is 0 Å². The molecule has 0 saturated heterocycles. The summed E-state index contributed by atoms with van der Waals surface area (Å²) in [6.45, 7) is 0.351. The van der Waals surface area contributed by atoms with Crippen LogP contribution < -0.4 is 10.5 Å². The number of aliphatic hydroxyl groups is 1. The quantitative estimate of drug-likeness (QED) is 0.726. The van der Waals surface area contributed by atoms with Crippen molar-refractivity contribution >= 4 is 11.6 Å². The Labute approximate surface area is 106 Å². The number of anilines is 1. The van der Waals surface area contributed by atoms with Gasteiger partial charge in [0.05, 0.1) is 6.61 Å². The van der Waals surface area contributed by atoms with Gasteiger partial charge in [0.1, 0.15) is 5.75 Å². The molecule has 18 heavy (non-hydrogen) atoms. The fraction of sp³-hybridized carbons (Fsp3) is 0.462. The van der Waals surface area contributed by atoms with Crippen LogP contribution in [0.4, 0.5) is 5.69 Å². The van der Waals surface area contributed by atoms with Gasteiger partial charge in [0, 0.05) is 24.3 Å². The third kappa shape index (κ3) is 3.37. The number of amides is 1. The second-order valence-corrected chi connectivity index (χ2v) is 4.40. The van der Waals surface area contributed by atoms with Crippen molar-refractivity contribution in [3.05, 3.63) is 24.3 Å². The Morgan fingerprint density at radius 3 is 2.89 bits per heavy atom. The van der Waals surface area contributed by atoms with E-state index < -0.39 is 0 Å². The summed E-state index contributed by atoms with van der Waals surface area (Å²) in [5, 5.41) is 8.93. The molecule has 0 bridgehead atoms. The number of aliphatic hydroxyl groups excluding tert-OH is 1. The first-order valence-electron chi connectivity index (χ1n) is 6.09. The van der Waals surface area contributed by atoms with E-state index in [0.29, 0.717) is 18.0 Å². The molecule has 0 aromatic heterocycles. The predicted molar refractivity (Wildman–Crippen MR) is 68.2 cm³/mol. The molecule has 1 amide bonds. The number of carbonyl (C=O) groups is 1. The number of benzene rings is 1. The highest BCUT2D eigenvalue weighted by Crippen LogP contribution is 2.26. The molecule has 3 N–H and O–H groups in total. The van der Waals surface area contributed by atoms with Crippen molar-refractivity contribution < 1.29 is 14.6 Å². The summed E-state index contributed by atoms with van der Waals surface area (Å²) >= 11 is 0. The number of hydrogen-bond donors (Lipinski definition) is 2. The Hall–Kier alpha value is -1.75. The number of nitrogens with zero attached hydrogens (tertiary/aromatic N) is 1. The predicted octanol–water partition coefficient (Wildman–Crippen LogP) is 0.631. The van der Waals surface area contributed by atoms with Crippen molar-refractivity contribution in [2.45, 2.75) is 18.9 Å². The maximum atomic E-state index is 11.9. The van der Waals surface area contributed by atoms with E-state index in [1.165, 1.54) is 0 Å². The summed E-state index contributed by atoms with van der Waals surface area (Å²) in [6, 6.07) is 7.27. The molecule has 98 valence electrons. The fourth-order valence-corrected chi connectivity index (χ4v) is 1.84. The zero-order chi connectivity index (χ0) is 13.0. The molecule has 5 heteroatoms. The lowest BCUT2D eigenvalue weighted by atomic mass is 10.3. The van der Waals surface area contributed by atoms with E-state index in [0.717, 1.165) is 12.8 Å². The highest BCUT2D eigenvalue weighted by atomic mass is 16.5. The SMILES string of the molecule is Nc1cccc(OCC(=O)N(CCO)C2CC2)c1. The van der Waals surface area contributed by atoms with Crippen LogP contribution in [0.25, 0.3) is 0 Å². The van der Waals surface area contributed by atoms with Crippen molar-refractivity contribution in [1.29, 1.82) is 0 Å². The smallest absolute Gasteiger partial charge is 0.260 e. The molecule has 0 radical (unpaired) electrons. The van der Waals surface area contributed by atoms with Crippen LogP contribution in [-0.4, -0.2) is 41.7 Å². The van der Waals surface area contributed by atoms with Crippen LogP contribution in [0.15, 0.2) is 24.3 Å². The molecule has 1 aliphatic rings. The first-order valence-corrected chi connectivity index (χ1v) is 6.09. The summed E-state index contributed by atoms with van der Waals surface area (Å²) in [7, 11) is 0. The molecule has 5 nitrogen and oxygen atoms in total. The highest BCUT2D eigenvalue weighted by molar-refractivity contribution is 5.78. The Morgan fingerprint density at radius 2 is 2.28 bits per heavy atom. The second kappa shape index (κ2) is 5.73. The minimum atomic E-state index is -0.0889. The van der Waals surface area contributed by atoms with Crippen LogP contribution in [0.3, 0.4) is 0 Å². The summed E-state index contributed by atoms with van der Waals surface area (Å²) < 4.78 is 5.40. The maximum absolute atomic E-state index is 11.9. The largest absolute Gasteiger partial charge is 0.484 e. The second-order valence-electron chi connectivity index (χ2n) is 4.40. The summed E-state index contributed by atoms with van der Waals surface area (Å²) in [6.07, 6.45) is 2.04. The van der Waals surface area contributed by atoms with Crippen LogP contribution in [0.2, 0.25) is 0 Å². The number of nitrogen functional groups attached to an aromatic ring is 1. The van der Waals surface area contributed by atoms with E-state index >= 15 is 0 Å². The number of carbonyl (C=O) groups excluding carboxylic acids is 1. The molecule has 1 aliphatic carbocycles. The van der Waals surface area contributed by atoms with Crippen molar-refractivity contribution in [3.63, 3.8) is 0 Å². The Morgan fingerprint density at radius 1 is 1.50 bits per heavy atom. The van der Waals surface area contributed by atoms with Gasteiger partial charge in [-0.25, -0.2) is 0 Å². The van der Waals surface area contributed by atoms with Gasteiger partial charge in [0.2, 0.25) is 0 Å². The van der Waals surface area contributed by atoms with E-state index in [4.69, 9.17) is 15.6 Å². The molecule has 0 atom stereocenters. The fourth-order valence-electron chi connectivity index (χ4n) is 1.84. The maximum Gasteiger partial charge on any atom is 0.260 e. The highest BCUT2D eigenvalue weighted by Gasteiger charge is 2.32. The zero-order valence-corrected chi connectivity index (χ0v) is 10.2. The number of hydrogen-bond acceptors (Lipinski definition) is 4. The van der Waals surface area contributed by atoms with Crippen molar-refractivity contribution in [2.24, 2.45) is 0 Å². The van der Waals surface area contributed by atoms with Gasteiger partial charge in [-0.15, -0.1) is 0 Å². The minimum Gasteiger partial charge on any atom is -0.484 e. The summed E-state index contributed by atoms with van der Waals surface area (Å²) in [4.78, 5) is 13.6. The lowest BCUT2D eigenvalue weighted by molar-refractivity contribution is -0.134. The molecule has 0 unspecified atom stereocenters. The standard InChI is InChI=1S/C13H18N2O3/c14-10-2-1-3-12(8-10)18-9-13(17)15(6-7-16)11-4-5-11/h1-3,8,11,16H,4-7,9,14H2. The minimum absolute atomic E-state index is 0.0134. The summed E-state index contributed by atoms with van der Waals surface area (Å²) in [5.41, 5.74) is 6.23. The van der Waals surface area contributed by atoms with Crippen LogP contribution in [-0.2, 0) is 4.79 Å². The van der Waals surface area contributed by atoms with Crippen LogP contribution in [0.5, 0.6) is 5.75 Å². The molecule has 1 aromatic carbocycles. The summed E-state index contributed by atoms with van der Waals surface area (Å²) in [5.74, 6) is 0.497. The Balaban J connectivity index is 1.86. The van der Waals surface area contributed by atoms with Crippen molar-refractivity contribution in [3.8, 4) is 5.75 Å². The number of nitrogens with two attached hydrogens (primary N) is 1. The first-order chi connectivity index (χ1) is 8.70. The molecule has 1 fully saturated rings. The monoisotopic (exact) mass is 250 g/mol. The first kappa shape index (κ1) is 12.7. The third-order valence-electron chi connectivity index (χ3n) is 2.87. The number of rotatable bonds is 6. The topological polar surface area (TPSA) is 75.8 Å². The van der Waals surface area contributed by atoms with Crippen molar-refractivity contribution in [2.75, 3.05) is 25.5 Å². The molecule has 0 aliphatic heterocycles. The molecular weight excluding hydrogens is 232 g/mol. The normalized spacial score (nSPS) is 14.3. The molecule has 2 rings (SSSR count). The molecule has 1 aromatic rings. The van der Waals surface area contributed by atoms with Crippen LogP contribution >= 0.6 is 0 Å². The average Bonchev–Trinajstić information content (AvgIpc) is 3.17. The molecule has 0 spiro atoms. The van der Waals surface area contributed by atoms with Gasteiger partial charge in [-0.05, 0) is 25.0 Å².